The number of aromatic nitrogens is 1. The Morgan fingerprint density at radius 1 is 0.895 bits per heavy atom. The van der Waals surface area contributed by atoms with Crippen molar-refractivity contribution in [2.75, 3.05) is 0 Å². The number of fused-ring (bicyclic) bond motifs is 6. The van der Waals surface area contributed by atoms with E-state index in [1.807, 2.05) is 12.1 Å². The van der Waals surface area contributed by atoms with Gasteiger partial charge in [0.2, 0.25) is 0 Å². The van der Waals surface area contributed by atoms with Gasteiger partial charge in [0, 0.05) is 42.4 Å². The Labute approximate surface area is 357 Å². The SMILES string of the molecule is CCC(CC)C(=O)/C=C(\[N-]C1CCCCC1)C(CC)CC.Cc1cc(C)c2c(C)cc(-c3[c-]ccc4c3C(C)(C)c3c-4oc4ccc(CC(C)C)cc34)nc2c1.[Ir]. The first-order valence-corrected chi connectivity index (χ1v) is 21.8. The number of hydrogen-bond donors (Lipinski definition) is 0. The smallest absolute Gasteiger partial charge is 0.157 e. The van der Waals surface area contributed by atoms with E-state index in [2.05, 4.69) is 125 Å². The Hall–Kier alpha value is -3.53. The summed E-state index contributed by atoms with van der Waals surface area (Å²) in [6.07, 6.45) is 13.3. The molecule has 0 spiro atoms. The molecule has 2 aliphatic rings. The molecule has 5 heteroatoms. The monoisotopic (exact) mass is 943 g/mol. The number of benzene rings is 3. The average Bonchev–Trinajstić information content (AvgIpc) is 3.65. The van der Waals surface area contributed by atoms with E-state index in [-0.39, 0.29) is 31.4 Å². The second-order valence-corrected chi connectivity index (χ2v) is 17.7. The van der Waals surface area contributed by atoms with Crippen LogP contribution in [0.5, 0.6) is 0 Å². The van der Waals surface area contributed by atoms with Crippen LogP contribution in [0.1, 0.15) is 147 Å². The third kappa shape index (κ3) is 9.36. The number of rotatable bonds is 12. The van der Waals surface area contributed by atoms with E-state index in [0.717, 1.165) is 65.9 Å². The largest absolute Gasteiger partial charge is 0.685 e. The van der Waals surface area contributed by atoms with Gasteiger partial charge in [-0.3, -0.25) is 9.78 Å². The van der Waals surface area contributed by atoms with Gasteiger partial charge in [0.05, 0.1) is 5.52 Å². The van der Waals surface area contributed by atoms with Crippen molar-refractivity contribution in [3.63, 3.8) is 0 Å². The quantitative estimate of drug-likeness (QED) is 0.0925. The molecule has 0 amide bonds. The summed E-state index contributed by atoms with van der Waals surface area (Å²) in [4.78, 5) is 17.6. The summed E-state index contributed by atoms with van der Waals surface area (Å²) in [7, 11) is 0. The number of carbonyl (C=O) groups excluding carboxylic acids is 1. The molecule has 2 aliphatic carbocycles. The van der Waals surface area contributed by atoms with Crippen molar-refractivity contribution >= 4 is 27.7 Å². The number of nitrogens with zero attached hydrogens (tertiary/aromatic N) is 2. The van der Waals surface area contributed by atoms with Gasteiger partial charge in [-0.05, 0) is 110 Å². The van der Waals surface area contributed by atoms with Crippen LogP contribution in [-0.2, 0) is 36.7 Å². The van der Waals surface area contributed by atoms with Gasteiger partial charge < -0.3 is 9.73 Å². The van der Waals surface area contributed by atoms with E-state index in [4.69, 9.17) is 14.7 Å². The fourth-order valence-electron chi connectivity index (χ4n) is 9.67. The summed E-state index contributed by atoms with van der Waals surface area (Å²) < 4.78 is 6.51. The summed E-state index contributed by atoms with van der Waals surface area (Å²) in [5, 5.41) is 7.50. The molecule has 0 bridgehead atoms. The number of aryl methyl sites for hydroxylation is 3. The van der Waals surface area contributed by atoms with Gasteiger partial charge in [-0.2, -0.15) is 5.70 Å². The molecular formula is C52H66IrN2O2-2. The Bertz CT molecular complexity index is 2210. The van der Waals surface area contributed by atoms with Crippen LogP contribution < -0.4 is 0 Å². The number of ketones is 1. The van der Waals surface area contributed by atoms with E-state index in [1.54, 1.807) is 0 Å². The van der Waals surface area contributed by atoms with E-state index in [1.165, 1.54) is 81.8 Å². The van der Waals surface area contributed by atoms with Gasteiger partial charge in [-0.25, -0.2) is 0 Å². The summed E-state index contributed by atoms with van der Waals surface area (Å²) in [5.41, 5.74) is 13.8. The fourth-order valence-corrected chi connectivity index (χ4v) is 9.67. The van der Waals surface area contributed by atoms with Crippen molar-refractivity contribution in [1.29, 1.82) is 0 Å². The molecule has 0 saturated heterocycles. The zero-order valence-corrected chi connectivity index (χ0v) is 39.0. The molecule has 0 aliphatic heterocycles. The van der Waals surface area contributed by atoms with E-state index < -0.39 is 0 Å². The van der Waals surface area contributed by atoms with Crippen molar-refractivity contribution in [3.8, 4) is 22.6 Å². The van der Waals surface area contributed by atoms with E-state index >= 15 is 0 Å². The molecule has 4 nitrogen and oxygen atoms in total. The van der Waals surface area contributed by atoms with Crippen LogP contribution in [0.3, 0.4) is 0 Å². The Morgan fingerprint density at radius 2 is 1.56 bits per heavy atom. The van der Waals surface area contributed by atoms with E-state index in [0.29, 0.717) is 23.7 Å². The van der Waals surface area contributed by atoms with E-state index in [9.17, 15) is 4.79 Å². The average molecular weight is 943 g/mol. The van der Waals surface area contributed by atoms with Gasteiger partial charge in [-0.15, -0.1) is 35.4 Å². The van der Waals surface area contributed by atoms with Crippen LogP contribution in [0.4, 0.5) is 0 Å². The van der Waals surface area contributed by atoms with Crippen LogP contribution in [0.15, 0.2) is 64.7 Å². The first-order valence-electron chi connectivity index (χ1n) is 21.8. The molecule has 0 N–H and O–H groups in total. The number of carbonyl (C=O) groups is 1. The molecule has 1 saturated carbocycles. The maximum Gasteiger partial charge on any atom is 0.157 e. The summed E-state index contributed by atoms with van der Waals surface area (Å²) >= 11 is 0. The minimum absolute atomic E-state index is 0. The van der Waals surface area contributed by atoms with Gasteiger partial charge in [0.1, 0.15) is 11.3 Å². The number of furan rings is 1. The molecule has 0 atom stereocenters. The minimum Gasteiger partial charge on any atom is -0.685 e. The molecule has 57 heavy (non-hydrogen) atoms. The molecule has 2 aromatic heterocycles. The topological polar surface area (TPSA) is 57.2 Å². The molecule has 1 fully saturated rings. The third-order valence-electron chi connectivity index (χ3n) is 12.6. The van der Waals surface area contributed by atoms with Crippen molar-refractivity contribution in [2.45, 2.75) is 152 Å². The molecule has 5 aromatic rings. The van der Waals surface area contributed by atoms with Gasteiger partial charge in [-0.1, -0.05) is 124 Å². The van der Waals surface area contributed by atoms with Crippen molar-refractivity contribution < 1.29 is 29.3 Å². The molecular weight excluding hydrogens is 877 g/mol. The van der Waals surface area contributed by atoms with Gasteiger partial charge in [0.25, 0.3) is 0 Å². The number of allylic oxidation sites excluding steroid dienone is 2. The fraction of sp³-hybridized carbons (Fsp3) is 0.500. The zero-order chi connectivity index (χ0) is 40.3. The van der Waals surface area contributed by atoms with Crippen molar-refractivity contribution in [1.82, 2.24) is 4.98 Å². The third-order valence-corrected chi connectivity index (χ3v) is 12.6. The number of hydrogen-bond acceptors (Lipinski definition) is 3. The predicted molar refractivity (Wildman–Crippen MR) is 238 cm³/mol. The first-order chi connectivity index (χ1) is 26.8. The predicted octanol–water partition coefficient (Wildman–Crippen LogP) is 14.9. The molecule has 2 heterocycles. The summed E-state index contributed by atoms with van der Waals surface area (Å²) in [5.74, 6) is 2.54. The van der Waals surface area contributed by atoms with Gasteiger partial charge in [0.15, 0.2) is 5.78 Å². The van der Waals surface area contributed by atoms with Crippen LogP contribution in [0.25, 0.3) is 49.8 Å². The number of pyridine rings is 1. The Balaban J connectivity index is 0.000000244. The van der Waals surface area contributed by atoms with Crippen molar-refractivity contribution in [2.24, 2.45) is 17.8 Å². The molecule has 1 radical (unpaired) electrons. The Kier molecular flexibility index (Phi) is 14.9. The molecule has 307 valence electrons. The minimum atomic E-state index is -0.216. The zero-order valence-electron chi connectivity index (χ0n) is 36.6. The van der Waals surface area contributed by atoms with Gasteiger partial charge >= 0.3 is 0 Å². The molecule has 7 rings (SSSR count). The Morgan fingerprint density at radius 3 is 2.21 bits per heavy atom. The second-order valence-electron chi connectivity index (χ2n) is 17.7. The molecule has 3 aromatic carbocycles. The second kappa shape index (κ2) is 19.0. The first kappa shape index (κ1) is 44.6. The van der Waals surface area contributed by atoms with Crippen LogP contribution in [-0.4, -0.2) is 16.8 Å². The molecule has 0 unspecified atom stereocenters. The normalized spacial score (nSPS) is 15.2. The maximum atomic E-state index is 12.5. The summed E-state index contributed by atoms with van der Waals surface area (Å²) in [6.45, 7) is 24.3. The maximum absolute atomic E-state index is 12.5. The van der Waals surface area contributed by atoms with Crippen LogP contribution >= 0.6 is 0 Å². The summed E-state index contributed by atoms with van der Waals surface area (Å²) in [6, 6.07) is 21.6. The standard InChI is InChI=1S/C33H32NO.C19H35NO.Ir/c1-18(2)13-22-11-12-28-25(17-22)31-32(35-28)24-10-8-9-23(30(24)33(31,6)7)26-16-21(5)29-20(4)14-19(3)15-27(29)34-26;1-5-15(6-2)18(14-19(21)16(7-3)8-4)20-17-12-10-9-11-13-17;/h8,10-12,14-18H,13H2,1-7H3;14-17H,5-13H2,1-4H3,(H,20,21);/q-1;;/p-1. The van der Waals surface area contributed by atoms with Crippen LogP contribution in [0, 0.1) is 44.6 Å². The van der Waals surface area contributed by atoms with Crippen molar-refractivity contribution in [3.05, 3.63) is 105 Å². The van der Waals surface area contributed by atoms with Crippen LogP contribution in [0.2, 0.25) is 0 Å².